The van der Waals surface area contributed by atoms with Crippen molar-refractivity contribution in [2.75, 3.05) is 13.6 Å². The molecule has 2 aromatic rings. The summed E-state index contributed by atoms with van der Waals surface area (Å²) in [6.07, 6.45) is 2.37. The summed E-state index contributed by atoms with van der Waals surface area (Å²) < 4.78 is 1.62. The van der Waals surface area contributed by atoms with Crippen LogP contribution in [-0.4, -0.2) is 34.4 Å². The fourth-order valence-electron chi connectivity index (χ4n) is 2.27. The fourth-order valence-corrected chi connectivity index (χ4v) is 2.92. The molecule has 1 aromatic carbocycles. The van der Waals surface area contributed by atoms with Crippen LogP contribution in [0.3, 0.4) is 0 Å². The highest BCUT2D eigenvalue weighted by molar-refractivity contribution is 6.36. The first-order valence-electron chi connectivity index (χ1n) is 6.99. The number of carbonyl (C=O) groups excluding carboxylic acids is 1. The number of benzene rings is 1. The molecule has 0 spiro atoms. The molecule has 3 N–H and O–H groups in total. The molecular weight excluding hydrogens is 339 g/mol. The van der Waals surface area contributed by atoms with E-state index in [9.17, 15) is 9.90 Å². The zero-order chi connectivity index (χ0) is 17.0. The van der Waals surface area contributed by atoms with Gasteiger partial charge < -0.3 is 15.7 Å². The Bertz CT molecular complexity index is 670. The molecule has 0 saturated carbocycles. The molecule has 8 heteroatoms. The molecule has 124 valence electrons. The van der Waals surface area contributed by atoms with Crippen LogP contribution >= 0.6 is 23.2 Å². The maximum atomic E-state index is 12.3. The molecule has 2 unspecified atom stereocenters. The van der Waals surface area contributed by atoms with E-state index in [1.165, 1.54) is 0 Å². The maximum Gasteiger partial charge on any atom is 0.241 e. The summed E-state index contributed by atoms with van der Waals surface area (Å²) in [7, 11) is 3.45. The van der Waals surface area contributed by atoms with Crippen LogP contribution in [0.1, 0.15) is 23.3 Å². The highest BCUT2D eigenvalue weighted by Crippen LogP contribution is 2.29. The molecule has 0 aliphatic carbocycles. The first-order chi connectivity index (χ1) is 10.9. The van der Waals surface area contributed by atoms with E-state index in [1.54, 1.807) is 49.4 Å². The number of hydrogen-bond donors (Lipinski definition) is 3. The summed E-state index contributed by atoms with van der Waals surface area (Å²) in [5, 5.41) is 20.6. The average molecular weight is 357 g/mol. The smallest absolute Gasteiger partial charge is 0.241 e. The minimum atomic E-state index is -0.994. The van der Waals surface area contributed by atoms with Crippen LogP contribution in [0.25, 0.3) is 0 Å². The van der Waals surface area contributed by atoms with Crippen molar-refractivity contribution in [3.63, 3.8) is 0 Å². The van der Waals surface area contributed by atoms with Gasteiger partial charge in [0.25, 0.3) is 0 Å². The second-order valence-electron chi connectivity index (χ2n) is 5.07. The number of aliphatic hydroxyl groups excluding tert-OH is 1. The van der Waals surface area contributed by atoms with Gasteiger partial charge >= 0.3 is 0 Å². The number of nitrogens with zero attached hydrogens (tertiary/aromatic N) is 2. The van der Waals surface area contributed by atoms with Crippen molar-refractivity contribution in [3.05, 3.63) is 51.8 Å². The lowest BCUT2D eigenvalue weighted by atomic mass is 10.1. The average Bonchev–Trinajstić information content (AvgIpc) is 2.92. The number of likely N-dealkylation sites (N-methyl/N-ethyl adjacent to an activating group) is 1. The Morgan fingerprint density at radius 3 is 2.57 bits per heavy atom. The van der Waals surface area contributed by atoms with Crippen LogP contribution in [-0.2, 0) is 11.8 Å². The van der Waals surface area contributed by atoms with Crippen molar-refractivity contribution < 1.29 is 9.90 Å². The molecule has 6 nitrogen and oxygen atoms in total. The summed E-state index contributed by atoms with van der Waals surface area (Å²) in [6, 6.07) is 4.41. The summed E-state index contributed by atoms with van der Waals surface area (Å²) in [5.41, 5.74) is 1.14. The Kier molecular flexibility index (Phi) is 6.01. The molecule has 0 fully saturated rings. The molecule has 2 atom stereocenters. The van der Waals surface area contributed by atoms with Gasteiger partial charge in [-0.3, -0.25) is 9.48 Å². The Morgan fingerprint density at radius 1 is 1.39 bits per heavy atom. The first kappa shape index (κ1) is 17.7. The zero-order valence-electron chi connectivity index (χ0n) is 12.8. The predicted molar refractivity (Wildman–Crippen MR) is 89.4 cm³/mol. The minimum absolute atomic E-state index is 0.000723. The van der Waals surface area contributed by atoms with Gasteiger partial charge in [-0.25, -0.2) is 0 Å². The lowest BCUT2D eigenvalue weighted by Gasteiger charge is -2.18. The normalized spacial score (nSPS) is 13.6. The molecule has 2 rings (SSSR count). The van der Waals surface area contributed by atoms with Gasteiger partial charge in [0.15, 0.2) is 0 Å². The number of aryl methyl sites for hydroxylation is 1. The van der Waals surface area contributed by atoms with Crippen LogP contribution in [0, 0.1) is 0 Å². The van der Waals surface area contributed by atoms with E-state index in [-0.39, 0.29) is 12.5 Å². The number of aromatic nitrogens is 2. The van der Waals surface area contributed by atoms with E-state index >= 15 is 0 Å². The van der Waals surface area contributed by atoms with E-state index in [0.717, 1.165) is 5.56 Å². The van der Waals surface area contributed by atoms with Crippen molar-refractivity contribution in [3.8, 4) is 0 Å². The summed E-state index contributed by atoms with van der Waals surface area (Å²) in [4.78, 5) is 12.3. The van der Waals surface area contributed by atoms with Gasteiger partial charge in [-0.15, -0.1) is 0 Å². The molecule has 0 aliphatic rings. The van der Waals surface area contributed by atoms with Gasteiger partial charge in [0, 0.05) is 41.0 Å². The van der Waals surface area contributed by atoms with Crippen LogP contribution in [0.2, 0.25) is 10.0 Å². The zero-order valence-corrected chi connectivity index (χ0v) is 14.3. The standard InChI is InChI=1S/C15H18Cl2N4O2/c1-18-14(9-6-20-21(2)8-9)15(23)19-7-12(22)13-10(16)4-3-5-11(13)17/h3-6,8,12,14,18,22H,7H2,1-2H3,(H,19,23). The van der Waals surface area contributed by atoms with E-state index in [2.05, 4.69) is 15.7 Å². The topological polar surface area (TPSA) is 79.2 Å². The summed E-state index contributed by atoms with van der Waals surface area (Å²) in [6.45, 7) is 0.000723. The quantitative estimate of drug-likeness (QED) is 0.737. The number of amides is 1. The summed E-state index contributed by atoms with van der Waals surface area (Å²) in [5.74, 6) is -0.275. The Hall–Kier alpha value is -1.60. The van der Waals surface area contributed by atoms with Crippen LogP contribution in [0.5, 0.6) is 0 Å². The Balaban J connectivity index is 2.03. The molecule has 0 bridgehead atoms. The Labute approximate surface area is 144 Å². The lowest BCUT2D eigenvalue weighted by Crippen LogP contribution is -2.38. The first-order valence-corrected chi connectivity index (χ1v) is 7.75. The predicted octanol–water partition coefficient (Wildman–Crippen LogP) is 1.84. The number of carbonyl (C=O) groups is 1. The lowest BCUT2D eigenvalue weighted by molar-refractivity contribution is -0.123. The highest BCUT2D eigenvalue weighted by atomic mass is 35.5. The molecule has 23 heavy (non-hydrogen) atoms. The van der Waals surface area contributed by atoms with Crippen LogP contribution in [0.15, 0.2) is 30.6 Å². The number of halogens is 2. The van der Waals surface area contributed by atoms with Crippen LogP contribution in [0.4, 0.5) is 0 Å². The van der Waals surface area contributed by atoms with Crippen molar-refractivity contribution >= 4 is 29.1 Å². The van der Waals surface area contributed by atoms with Gasteiger partial charge in [-0.1, -0.05) is 29.3 Å². The number of hydrogen-bond acceptors (Lipinski definition) is 4. The molecule has 1 amide bonds. The second kappa shape index (κ2) is 7.79. The third-order valence-corrected chi connectivity index (χ3v) is 4.07. The number of aliphatic hydroxyl groups is 1. The fraction of sp³-hybridized carbons (Fsp3) is 0.333. The molecule has 0 aliphatic heterocycles. The SMILES string of the molecule is CNC(C(=O)NCC(O)c1c(Cl)cccc1Cl)c1cnn(C)c1. The molecule has 1 heterocycles. The Morgan fingerprint density at radius 2 is 2.04 bits per heavy atom. The van der Waals surface area contributed by atoms with Gasteiger partial charge in [0.1, 0.15) is 6.04 Å². The van der Waals surface area contributed by atoms with Crippen molar-refractivity contribution in [1.29, 1.82) is 0 Å². The summed E-state index contributed by atoms with van der Waals surface area (Å²) >= 11 is 12.1. The van der Waals surface area contributed by atoms with Crippen LogP contribution < -0.4 is 10.6 Å². The largest absolute Gasteiger partial charge is 0.386 e. The second-order valence-corrected chi connectivity index (χ2v) is 5.88. The van der Waals surface area contributed by atoms with Gasteiger partial charge in [-0.2, -0.15) is 5.10 Å². The van der Waals surface area contributed by atoms with Crippen molar-refractivity contribution in [2.24, 2.45) is 7.05 Å². The van der Waals surface area contributed by atoms with E-state index in [1.807, 2.05) is 0 Å². The monoisotopic (exact) mass is 356 g/mol. The molecular formula is C15H18Cl2N4O2. The van der Waals surface area contributed by atoms with Crippen molar-refractivity contribution in [1.82, 2.24) is 20.4 Å². The van der Waals surface area contributed by atoms with E-state index in [0.29, 0.717) is 15.6 Å². The minimum Gasteiger partial charge on any atom is -0.386 e. The van der Waals surface area contributed by atoms with Gasteiger partial charge in [0.05, 0.1) is 12.3 Å². The molecule has 1 aromatic heterocycles. The molecule has 0 radical (unpaired) electrons. The molecule has 0 saturated heterocycles. The maximum absolute atomic E-state index is 12.3. The van der Waals surface area contributed by atoms with Gasteiger partial charge in [-0.05, 0) is 19.2 Å². The number of rotatable bonds is 6. The highest BCUT2D eigenvalue weighted by Gasteiger charge is 2.22. The number of nitrogens with one attached hydrogen (secondary N) is 2. The van der Waals surface area contributed by atoms with E-state index < -0.39 is 12.1 Å². The third-order valence-electron chi connectivity index (χ3n) is 3.41. The van der Waals surface area contributed by atoms with E-state index in [4.69, 9.17) is 23.2 Å². The van der Waals surface area contributed by atoms with Gasteiger partial charge in [0.2, 0.25) is 5.91 Å². The third kappa shape index (κ3) is 4.23. The van der Waals surface area contributed by atoms with Crippen molar-refractivity contribution in [2.45, 2.75) is 12.1 Å².